The maximum absolute atomic E-state index is 13.0. The summed E-state index contributed by atoms with van der Waals surface area (Å²) >= 11 is 0. The third-order valence-electron chi connectivity index (χ3n) is 17.2. The van der Waals surface area contributed by atoms with Crippen molar-refractivity contribution in [3.8, 4) is 0 Å². The molecule has 0 radical (unpaired) electrons. The summed E-state index contributed by atoms with van der Waals surface area (Å²) < 4.78 is 16.7. The second-order valence-electron chi connectivity index (χ2n) is 25.3. The van der Waals surface area contributed by atoms with Gasteiger partial charge in [-0.1, -0.05) is 306 Å². The number of hydrogen-bond donors (Lipinski definition) is 6. The number of carbonyl (C=O) groups is 2. The number of hydrogen-bond acceptors (Lipinski definition) is 10. The third kappa shape index (κ3) is 52.1. The van der Waals surface area contributed by atoms with Crippen molar-refractivity contribution in [2.75, 3.05) is 19.8 Å². The molecule has 0 aromatic rings. The molecule has 0 aromatic heterocycles. The first-order chi connectivity index (χ1) is 41.7. The van der Waals surface area contributed by atoms with E-state index in [1.54, 1.807) is 6.08 Å². The second-order valence-corrected chi connectivity index (χ2v) is 25.3. The summed E-state index contributed by atoms with van der Waals surface area (Å²) in [7, 11) is 0. The van der Waals surface area contributed by atoms with Gasteiger partial charge >= 0.3 is 5.97 Å². The van der Waals surface area contributed by atoms with Gasteiger partial charge in [0.1, 0.15) is 24.4 Å². The first kappa shape index (κ1) is 80.6. The molecule has 0 saturated carbocycles. The SMILES string of the molecule is CCCCC/C=C/CC/C=C/C(O)C(COC1OC(CO)C(O)C(O)C1O)NC(=O)CCCCCCCCCCCCCCC/C=C\C/C=C\CCCCCCCCCCCOC(=O)CCCCCCCCCCCCCCCCCCCCC. The monoisotopic (exact) mass is 1200 g/mol. The Balaban J connectivity index is 1.91. The standard InChI is InChI=1S/C74H137NO10/c1-3-5-7-9-11-13-14-15-16-17-29-33-36-39-42-46-50-54-58-62-70(79)83-63-59-55-51-47-43-40-37-34-31-28-26-24-22-20-18-19-21-23-25-27-30-32-35-38-41-45-49-53-57-61-69(78)75-66(67(77)60-56-52-48-44-12-10-8-6-4-2)65-84-74-73(82)72(81)71(80)68(64-76)85-74/h12,18,20,24,26,44,56,60,66-68,71-74,76-77,80-82H,3-11,13-17,19,21-23,25,27-43,45-55,57-59,61-65H2,1-2H3,(H,75,78)/b20-18-,26-24-,44-12+,60-56+. The minimum Gasteiger partial charge on any atom is -0.466 e. The number of allylic oxidation sites excluding steroid dienone is 7. The van der Waals surface area contributed by atoms with Crippen LogP contribution in [0.2, 0.25) is 0 Å². The summed E-state index contributed by atoms with van der Waals surface area (Å²) in [5, 5.41) is 54.2. The first-order valence-corrected chi connectivity index (χ1v) is 36.4. The van der Waals surface area contributed by atoms with Crippen LogP contribution >= 0.6 is 0 Å². The van der Waals surface area contributed by atoms with Gasteiger partial charge in [-0.05, 0) is 77.0 Å². The van der Waals surface area contributed by atoms with Crippen LogP contribution in [0.1, 0.15) is 348 Å². The summed E-state index contributed by atoms with van der Waals surface area (Å²) in [5.41, 5.74) is 0. The molecule has 85 heavy (non-hydrogen) atoms. The predicted molar refractivity (Wildman–Crippen MR) is 357 cm³/mol. The molecule has 1 rings (SSSR count). The lowest BCUT2D eigenvalue weighted by Crippen LogP contribution is -2.60. The van der Waals surface area contributed by atoms with Gasteiger partial charge in [0.05, 0.1) is 32.0 Å². The summed E-state index contributed by atoms with van der Waals surface area (Å²) in [6, 6.07) is -0.828. The Morgan fingerprint density at radius 1 is 0.435 bits per heavy atom. The van der Waals surface area contributed by atoms with Gasteiger partial charge in [0.2, 0.25) is 5.91 Å². The number of rotatable bonds is 64. The van der Waals surface area contributed by atoms with Crippen LogP contribution in [-0.4, -0.2) is 100 Å². The van der Waals surface area contributed by atoms with Crippen LogP contribution in [0.4, 0.5) is 0 Å². The summed E-state index contributed by atoms with van der Waals surface area (Å²) in [6.07, 6.45) is 72.8. The number of carbonyl (C=O) groups excluding carboxylic acids is 2. The van der Waals surface area contributed by atoms with Gasteiger partial charge in [-0.3, -0.25) is 9.59 Å². The molecule has 7 unspecified atom stereocenters. The van der Waals surface area contributed by atoms with Gasteiger partial charge in [0.25, 0.3) is 0 Å². The average Bonchev–Trinajstić information content (AvgIpc) is 3.66. The van der Waals surface area contributed by atoms with Crippen molar-refractivity contribution in [1.29, 1.82) is 0 Å². The van der Waals surface area contributed by atoms with Crippen LogP contribution in [0.15, 0.2) is 48.6 Å². The number of aliphatic hydroxyl groups excluding tert-OH is 5. The highest BCUT2D eigenvalue weighted by molar-refractivity contribution is 5.76. The Morgan fingerprint density at radius 2 is 0.800 bits per heavy atom. The summed E-state index contributed by atoms with van der Waals surface area (Å²) in [4.78, 5) is 25.1. The molecule has 0 aromatic carbocycles. The molecule has 1 aliphatic rings. The maximum atomic E-state index is 13.0. The zero-order chi connectivity index (χ0) is 61.6. The predicted octanol–water partition coefficient (Wildman–Crippen LogP) is 18.7. The van der Waals surface area contributed by atoms with Crippen molar-refractivity contribution >= 4 is 11.9 Å². The Kier molecular flexibility index (Phi) is 60.0. The molecule has 11 nitrogen and oxygen atoms in total. The molecule has 0 spiro atoms. The highest BCUT2D eigenvalue weighted by Crippen LogP contribution is 2.23. The molecule has 1 amide bonds. The van der Waals surface area contributed by atoms with E-state index in [1.807, 2.05) is 6.08 Å². The second kappa shape index (κ2) is 63.2. The zero-order valence-corrected chi connectivity index (χ0v) is 55.3. The maximum Gasteiger partial charge on any atom is 0.305 e. The molecule has 1 aliphatic heterocycles. The van der Waals surface area contributed by atoms with Crippen LogP contribution in [-0.2, 0) is 23.8 Å². The number of nitrogens with one attached hydrogen (secondary N) is 1. The molecule has 1 saturated heterocycles. The van der Waals surface area contributed by atoms with Gasteiger partial charge in [0.15, 0.2) is 6.29 Å². The lowest BCUT2D eigenvalue weighted by Gasteiger charge is -2.40. The van der Waals surface area contributed by atoms with Gasteiger partial charge in [-0.15, -0.1) is 0 Å². The zero-order valence-electron chi connectivity index (χ0n) is 55.3. The average molecular weight is 1200 g/mol. The molecule has 0 aliphatic carbocycles. The fraction of sp³-hybridized carbons (Fsp3) is 0.865. The number of unbranched alkanes of at least 4 members (excludes halogenated alkanes) is 44. The highest BCUT2D eigenvalue weighted by Gasteiger charge is 2.44. The van der Waals surface area contributed by atoms with Crippen LogP contribution in [0.3, 0.4) is 0 Å². The normalized spacial score (nSPS) is 18.2. The Hall–Kier alpha value is -2.38. The quantitative estimate of drug-likeness (QED) is 0.0195. The Morgan fingerprint density at radius 3 is 1.26 bits per heavy atom. The van der Waals surface area contributed by atoms with E-state index in [2.05, 4.69) is 55.6 Å². The van der Waals surface area contributed by atoms with Gasteiger partial charge in [-0.25, -0.2) is 0 Å². The molecule has 6 N–H and O–H groups in total. The molecule has 1 heterocycles. The van der Waals surface area contributed by atoms with Crippen LogP contribution in [0.25, 0.3) is 0 Å². The lowest BCUT2D eigenvalue weighted by molar-refractivity contribution is -0.302. The van der Waals surface area contributed by atoms with E-state index in [-0.39, 0.29) is 18.5 Å². The van der Waals surface area contributed by atoms with Gasteiger partial charge in [-0.2, -0.15) is 0 Å². The van der Waals surface area contributed by atoms with Crippen molar-refractivity contribution in [3.63, 3.8) is 0 Å². The summed E-state index contributed by atoms with van der Waals surface area (Å²) in [6.45, 7) is 4.30. The van der Waals surface area contributed by atoms with Gasteiger partial charge in [0, 0.05) is 12.8 Å². The Labute approximate surface area is 523 Å². The lowest BCUT2D eigenvalue weighted by atomic mass is 9.99. The van der Waals surface area contributed by atoms with Crippen molar-refractivity contribution in [3.05, 3.63) is 48.6 Å². The van der Waals surface area contributed by atoms with E-state index < -0.39 is 49.5 Å². The third-order valence-corrected chi connectivity index (χ3v) is 17.2. The minimum atomic E-state index is -1.58. The van der Waals surface area contributed by atoms with E-state index in [0.717, 1.165) is 64.2 Å². The molecular weight excluding hydrogens is 1060 g/mol. The van der Waals surface area contributed by atoms with Gasteiger partial charge < -0.3 is 45.1 Å². The number of aliphatic hydroxyl groups is 5. The smallest absolute Gasteiger partial charge is 0.305 e. The highest BCUT2D eigenvalue weighted by atomic mass is 16.7. The fourth-order valence-corrected chi connectivity index (χ4v) is 11.4. The van der Waals surface area contributed by atoms with Crippen molar-refractivity contribution in [2.24, 2.45) is 0 Å². The molecule has 0 bridgehead atoms. The van der Waals surface area contributed by atoms with E-state index in [1.165, 1.54) is 257 Å². The van der Waals surface area contributed by atoms with Crippen LogP contribution < -0.4 is 5.32 Å². The number of esters is 1. The fourth-order valence-electron chi connectivity index (χ4n) is 11.4. The van der Waals surface area contributed by atoms with E-state index in [4.69, 9.17) is 14.2 Å². The topological polar surface area (TPSA) is 175 Å². The molecule has 1 fully saturated rings. The summed E-state index contributed by atoms with van der Waals surface area (Å²) in [5.74, 6) is -0.187. The molecule has 7 atom stereocenters. The van der Waals surface area contributed by atoms with E-state index in [0.29, 0.717) is 19.4 Å². The van der Waals surface area contributed by atoms with Crippen molar-refractivity contribution in [2.45, 2.75) is 391 Å². The van der Waals surface area contributed by atoms with Crippen LogP contribution in [0, 0.1) is 0 Å². The Bertz CT molecular complexity index is 1550. The molecule has 11 heteroatoms. The molecule has 498 valence electrons. The first-order valence-electron chi connectivity index (χ1n) is 36.4. The molecular formula is C74H137NO10. The van der Waals surface area contributed by atoms with Crippen molar-refractivity contribution in [1.82, 2.24) is 5.32 Å². The van der Waals surface area contributed by atoms with Crippen LogP contribution in [0.5, 0.6) is 0 Å². The van der Waals surface area contributed by atoms with Crippen molar-refractivity contribution < 1.29 is 49.3 Å². The van der Waals surface area contributed by atoms with E-state index >= 15 is 0 Å². The van der Waals surface area contributed by atoms with E-state index in [9.17, 15) is 35.1 Å². The number of ether oxygens (including phenoxy) is 3. The number of amides is 1. The largest absolute Gasteiger partial charge is 0.466 e. The minimum absolute atomic E-state index is 0.00797.